The lowest BCUT2D eigenvalue weighted by Crippen LogP contribution is -2.63. The first-order chi connectivity index (χ1) is 9.51. The van der Waals surface area contributed by atoms with Crippen molar-refractivity contribution in [2.75, 3.05) is 19.6 Å². The molecule has 0 aromatic heterocycles. The number of hydrogen-bond donors (Lipinski definition) is 1. The first-order valence-corrected chi connectivity index (χ1v) is 8.99. The fourth-order valence-electron chi connectivity index (χ4n) is 3.18. The Hall–Kier alpha value is -0.0800. The maximum Gasteiger partial charge on any atom is 0.0278 e. The summed E-state index contributed by atoms with van der Waals surface area (Å²) in [6, 6.07) is 0.688. The molecule has 0 aliphatic carbocycles. The molecule has 0 spiro atoms. The third kappa shape index (κ3) is 5.73. The maximum atomic E-state index is 3.77. The minimum atomic E-state index is 0.327. The average molecular weight is 283 g/mol. The molecule has 2 unspecified atom stereocenters. The van der Waals surface area contributed by atoms with Crippen LogP contribution >= 0.6 is 0 Å². The van der Waals surface area contributed by atoms with E-state index in [-0.39, 0.29) is 0 Å². The molecule has 1 saturated heterocycles. The standard InChI is InChI=1S/C18H38N2/c1-6-8-9-10-11-12-13-20-14-17(16(3)7-2)19-15-18(20,4)5/h16-17,19H,6-15H2,1-5H3. The van der Waals surface area contributed by atoms with Crippen LogP contribution in [0.5, 0.6) is 0 Å². The monoisotopic (exact) mass is 282 g/mol. The number of piperazine rings is 1. The van der Waals surface area contributed by atoms with E-state index in [1.165, 1.54) is 58.0 Å². The quantitative estimate of drug-likeness (QED) is 0.629. The van der Waals surface area contributed by atoms with Crippen LogP contribution in [-0.2, 0) is 0 Å². The van der Waals surface area contributed by atoms with Gasteiger partial charge in [0.2, 0.25) is 0 Å². The zero-order valence-corrected chi connectivity index (χ0v) is 14.7. The Balaban J connectivity index is 2.32. The molecule has 0 bridgehead atoms. The third-order valence-electron chi connectivity index (χ3n) is 5.18. The van der Waals surface area contributed by atoms with Crippen LogP contribution in [0.3, 0.4) is 0 Å². The Morgan fingerprint density at radius 2 is 1.75 bits per heavy atom. The van der Waals surface area contributed by atoms with E-state index < -0.39 is 0 Å². The topological polar surface area (TPSA) is 15.3 Å². The van der Waals surface area contributed by atoms with Crippen LogP contribution < -0.4 is 5.32 Å². The summed E-state index contributed by atoms with van der Waals surface area (Å²) in [6.07, 6.45) is 9.68. The van der Waals surface area contributed by atoms with Gasteiger partial charge in [-0.25, -0.2) is 0 Å². The van der Waals surface area contributed by atoms with E-state index in [1.54, 1.807) is 0 Å². The zero-order valence-electron chi connectivity index (χ0n) is 14.7. The Labute approximate surface area is 127 Å². The fourth-order valence-corrected chi connectivity index (χ4v) is 3.18. The minimum Gasteiger partial charge on any atom is -0.311 e. The van der Waals surface area contributed by atoms with Gasteiger partial charge in [0.1, 0.15) is 0 Å². The highest BCUT2D eigenvalue weighted by molar-refractivity contribution is 4.94. The number of hydrogen-bond acceptors (Lipinski definition) is 2. The molecule has 2 atom stereocenters. The van der Waals surface area contributed by atoms with E-state index in [1.807, 2.05) is 0 Å². The molecule has 1 heterocycles. The van der Waals surface area contributed by atoms with Crippen molar-refractivity contribution in [3.05, 3.63) is 0 Å². The van der Waals surface area contributed by atoms with Gasteiger partial charge >= 0.3 is 0 Å². The summed E-state index contributed by atoms with van der Waals surface area (Å²) >= 11 is 0. The Kier molecular flexibility index (Phi) is 8.13. The normalized spacial score (nSPS) is 24.8. The van der Waals surface area contributed by atoms with Crippen LogP contribution in [0.1, 0.15) is 79.6 Å². The van der Waals surface area contributed by atoms with Gasteiger partial charge in [-0.3, -0.25) is 4.90 Å². The van der Waals surface area contributed by atoms with Crippen molar-refractivity contribution in [2.45, 2.75) is 91.1 Å². The summed E-state index contributed by atoms with van der Waals surface area (Å²) < 4.78 is 0. The molecule has 1 aliphatic rings. The number of nitrogens with zero attached hydrogens (tertiary/aromatic N) is 1. The van der Waals surface area contributed by atoms with Crippen LogP contribution in [0.25, 0.3) is 0 Å². The van der Waals surface area contributed by atoms with Crippen molar-refractivity contribution in [2.24, 2.45) is 5.92 Å². The Bertz CT molecular complexity index is 250. The summed E-state index contributed by atoms with van der Waals surface area (Å²) in [5, 5.41) is 3.77. The summed E-state index contributed by atoms with van der Waals surface area (Å²) in [5.74, 6) is 0.790. The smallest absolute Gasteiger partial charge is 0.0278 e. The van der Waals surface area contributed by atoms with Crippen molar-refractivity contribution in [3.8, 4) is 0 Å². The van der Waals surface area contributed by atoms with E-state index >= 15 is 0 Å². The second kappa shape index (κ2) is 9.04. The molecule has 1 aliphatic heterocycles. The van der Waals surface area contributed by atoms with Gasteiger partial charge in [0.15, 0.2) is 0 Å². The van der Waals surface area contributed by atoms with Crippen molar-refractivity contribution < 1.29 is 0 Å². The SMILES string of the molecule is CCCCCCCCN1CC(C(C)CC)NCC1(C)C. The van der Waals surface area contributed by atoms with Crippen molar-refractivity contribution in [1.29, 1.82) is 0 Å². The summed E-state index contributed by atoms with van der Waals surface area (Å²) in [4.78, 5) is 2.74. The van der Waals surface area contributed by atoms with E-state index in [9.17, 15) is 0 Å². The van der Waals surface area contributed by atoms with Gasteiger partial charge in [0.25, 0.3) is 0 Å². The van der Waals surface area contributed by atoms with Crippen molar-refractivity contribution >= 4 is 0 Å². The zero-order chi connectivity index (χ0) is 15.0. The summed E-state index contributed by atoms with van der Waals surface area (Å²) in [5.41, 5.74) is 0.327. The van der Waals surface area contributed by atoms with E-state index in [4.69, 9.17) is 0 Å². The Morgan fingerprint density at radius 1 is 1.10 bits per heavy atom. The molecule has 1 fully saturated rings. The molecular formula is C18H38N2. The van der Waals surface area contributed by atoms with Crippen LogP contribution in [0.2, 0.25) is 0 Å². The second-order valence-corrected chi connectivity index (χ2v) is 7.40. The minimum absolute atomic E-state index is 0.327. The predicted molar refractivity (Wildman–Crippen MR) is 90.3 cm³/mol. The molecule has 120 valence electrons. The average Bonchev–Trinajstić information content (AvgIpc) is 2.43. The van der Waals surface area contributed by atoms with Crippen LogP contribution in [-0.4, -0.2) is 36.1 Å². The van der Waals surface area contributed by atoms with Gasteiger partial charge in [0, 0.05) is 24.7 Å². The van der Waals surface area contributed by atoms with Crippen molar-refractivity contribution in [1.82, 2.24) is 10.2 Å². The van der Waals surface area contributed by atoms with E-state index in [0.29, 0.717) is 11.6 Å². The molecule has 1 N–H and O–H groups in total. The molecule has 2 heteroatoms. The van der Waals surface area contributed by atoms with Crippen LogP contribution in [0.4, 0.5) is 0 Å². The number of unbranched alkanes of at least 4 members (excludes halogenated alkanes) is 5. The summed E-state index contributed by atoms with van der Waals surface area (Å²) in [6.45, 7) is 15.4. The number of rotatable bonds is 9. The molecule has 0 amide bonds. The molecule has 0 radical (unpaired) electrons. The molecule has 0 saturated carbocycles. The lowest BCUT2D eigenvalue weighted by molar-refractivity contribution is 0.0503. The van der Waals surface area contributed by atoms with Crippen molar-refractivity contribution in [3.63, 3.8) is 0 Å². The van der Waals surface area contributed by atoms with Gasteiger partial charge in [-0.15, -0.1) is 0 Å². The lowest BCUT2D eigenvalue weighted by Gasteiger charge is -2.47. The molecule has 0 aromatic carbocycles. The fraction of sp³-hybridized carbons (Fsp3) is 1.00. The highest BCUT2D eigenvalue weighted by Gasteiger charge is 2.34. The third-order valence-corrected chi connectivity index (χ3v) is 5.18. The lowest BCUT2D eigenvalue weighted by atomic mass is 9.90. The van der Waals surface area contributed by atoms with Gasteiger partial charge in [-0.2, -0.15) is 0 Å². The predicted octanol–water partition coefficient (Wildman–Crippen LogP) is 4.45. The first kappa shape index (κ1) is 18.0. The van der Waals surface area contributed by atoms with Crippen LogP contribution in [0, 0.1) is 5.92 Å². The largest absolute Gasteiger partial charge is 0.311 e. The first-order valence-electron chi connectivity index (χ1n) is 8.99. The Morgan fingerprint density at radius 3 is 2.40 bits per heavy atom. The summed E-state index contributed by atoms with van der Waals surface area (Å²) in [7, 11) is 0. The van der Waals surface area contributed by atoms with E-state index in [0.717, 1.165) is 12.5 Å². The van der Waals surface area contributed by atoms with Gasteiger partial charge < -0.3 is 5.32 Å². The second-order valence-electron chi connectivity index (χ2n) is 7.40. The van der Waals surface area contributed by atoms with Gasteiger partial charge in [0.05, 0.1) is 0 Å². The molecular weight excluding hydrogens is 244 g/mol. The molecule has 2 nitrogen and oxygen atoms in total. The number of nitrogens with one attached hydrogen (secondary N) is 1. The molecule has 0 aromatic rings. The molecule has 20 heavy (non-hydrogen) atoms. The maximum absolute atomic E-state index is 3.77. The van der Waals surface area contributed by atoms with Crippen LogP contribution in [0.15, 0.2) is 0 Å². The highest BCUT2D eigenvalue weighted by Crippen LogP contribution is 2.23. The highest BCUT2D eigenvalue weighted by atomic mass is 15.3. The van der Waals surface area contributed by atoms with Gasteiger partial charge in [-0.1, -0.05) is 59.3 Å². The molecule has 1 rings (SSSR count). The van der Waals surface area contributed by atoms with Gasteiger partial charge in [-0.05, 0) is 32.7 Å². The van der Waals surface area contributed by atoms with E-state index in [2.05, 4.69) is 44.8 Å².